The Morgan fingerprint density at radius 3 is 1.65 bits per heavy atom. The smallest absolute Gasteiger partial charge is 0.127 e. The van der Waals surface area contributed by atoms with Gasteiger partial charge in [-0.3, -0.25) is 0 Å². The zero-order chi connectivity index (χ0) is 13.4. The van der Waals surface area contributed by atoms with Crippen LogP contribution >= 0.6 is 0 Å². The molecule has 0 atom stereocenters. The lowest BCUT2D eigenvalue weighted by molar-refractivity contribution is 0.0113. The van der Waals surface area contributed by atoms with Crippen LogP contribution in [0.2, 0.25) is 0 Å². The first-order valence-electron chi connectivity index (χ1n) is 7.30. The maximum atomic E-state index is 6.14. The number of ether oxygens (including phenoxy) is 2. The molecule has 0 bridgehead atoms. The fourth-order valence-corrected chi connectivity index (χ4v) is 3.10. The molecule has 1 aliphatic carbocycles. The molecule has 1 saturated carbocycles. The molecule has 0 saturated heterocycles. The molecule has 2 aromatic carbocycles. The van der Waals surface area contributed by atoms with Gasteiger partial charge in [-0.05, 0) is 25.0 Å². The number of fused-ring (bicyclic) bond motifs is 3. The van der Waals surface area contributed by atoms with E-state index < -0.39 is 0 Å². The van der Waals surface area contributed by atoms with Gasteiger partial charge in [0, 0.05) is 16.5 Å². The van der Waals surface area contributed by atoms with E-state index >= 15 is 0 Å². The summed E-state index contributed by atoms with van der Waals surface area (Å²) < 4.78 is 12.3. The third-order valence-corrected chi connectivity index (χ3v) is 4.55. The first-order chi connectivity index (χ1) is 9.86. The maximum absolute atomic E-state index is 6.14. The molecular formula is C18H18O2. The van der Waals surface area contributed by atoms with Gasteiger partial charge in [0.15, 0.2) is 0 Å². The third kappa shape index (κ3) is 1.87. The van der Waals surface area contributed by atoms with E-state index in [1.165, 1.54) is 19.3 Å². The monoisotopic (exact) mass is 266 g/mol. The minimum atomic E-state index is 0.213. The van der Waals surface area contributed by atoms with Crippen LogP contribution in [0.4, 0.5) is 0 Å². The molecule has 102 valence electrons. The molecular weight excluding hydrogens is 248 g/mol. The predicted octanol–water partition coefficient (Wildman–Crippen LogP) is 4.30. The van der Waals surface area contributed by atoms with Crippen LogP contribution in [0, 0.1) is 5.41 Å². The summed E-state index contributed by atoms with van der Waals surface area (Å²) in [4.78, 5) is 0. The van der Waals surface area contributed by atoms with E-state index in [1.807, 2.05) is 12.1 Å². The largest absolute Gasteiger partial charge is 0.492 e. The van der Waals surface area contributed by atoms with Crippen molar-refractivity contribution in [3.05, 3.63) is 48.5 Å². The Balaban J connectivity index is 1.83. The Labute approximate surface area is 119 Å². The topological polar surface area (TPSA) is 18.5 Å². The second kappa shape index (κ2) is 4.55. The molecule has 0 aromatic heterocycles. The Morgan fingerprint density at radius 1 is 0.700 bits per heavy atom. The molecule has 2 aliphatic rings. The van der Waals surface area contributed by atoms with Crippen molar-refractivity contribution in [1.82, 2.24) is 0 Å². The van der Waals surface area contributed by atoms with E-state index in [0.29, 0.717) is 0 Å². The average molecular weight is 266 g/mol. The van der Waals surface area contributed by atoms with Crippen molar-refractivity contribution in [3.63, 3.8) is 0 Å². The van der Waals surface area contributed by atoms with Crippen molar-refractivity contribution in [3.8, 4) is 22.6 Å². The Bertz CT molecular complexity index is 577. The van der Waals surface area contributed by atoms with Crippen LogP contribution in [0.15, 0.2) is 48.5 Å². The van der Waals surface area contributed by atoms with Crippen molar-refractivity contribution in [2.24, 2.45) is 5.41 Å². The van der Waals surface area contributed by atoms with Gasteiger partial charge in [0.25, 0.3) is 0 Å². The van der Waals surface area contributed by atoms with Crippen molar-refractivity contribution < 1.29 is 9.47 Å². The van der Waals surface area contributed by atoms with Crippen LogP contribution in [0.3, 0.4) is 0 Å². The zero-order valence-electron chi connectivity index (χ0n) is 11.5. The third-order valence-electron chi connectivity index (χ3n) is 4.55. The van der Waals surface area contributed by atoms with E-state index in [-0.39, 0.29) is 5.41 Å². The van der Waals surface area contributed by atoms with Gasteiger partial charge >= 0.3 is 0 Å². The molecule has 1 aliphatic heterocycles. The van der Waals surface area contributed by atoms with E-state index in [4.69, 9.17) is 9.47 Å². The fourth-order valence-electron chi connectivity index (χ4n) is 3.10. The summed E-state index contributed by atoms with van der Waals surface area (Å²) >= 11 is 0. The Hall–Kier alpha value is -1.96. The minimum Gasteiger partial charge on any atom is -0.492 e. The van der Waals surface area contributed by atoms with Crippen LogP contribution in [0.25, 0.3) is 11.1 Å². The Kier molecular flexibility index (Phi) is 2.69. The highest BCUT2D eigenvalue weighted by Crippen LogP contribution is 2.45. The van der Waals surface area contributed by atoms with Crippen molar-refractivity contribution in [2.75, 3.05) is 13.2 Å². The number of hydrogen-bond donors (Lipinski definition) is 0. The van der Waals surface area contributed by atoms with Gasteiger partial charge < -0.3 is 9.47 Å². The molecule has 20 heavy (non-hydrogen) atoms. The van der Waals surface area contributed by atoms with Gasteiger partial charge in [-0.1, -0.05) is 42.8 Å². The highest BCUT2D eigenvalue weighted by Gasteiger charge is 2.39. The number of rotatable bonds is 0. The second-order valence-corrected chi connectivity index (χ2v) is 5.92. The zero-order valence-corrected chi connectivity index (χ0v) is 11.5. The van der Waals surface area contributed by atoms with Gasteiger partial charge in [-0.2, -0.15) is 0 Å². The maximum Gasteiger partial charge on any atom is 0.127 e. The SMILES string of the molecule is c1ccc2c(c1)OCC1(CCC1)COc1ccccc1-2. The first-order valence-corrected chi connectivity index (χ1v) is 7.30. The van der Waals surface area contributed by atoms with E-state index in [2.05, 4.69) is 36.4 Å². The van der Waals surface area contributed by atoms with E-state index in [9.17, 15) is 0 Å². The lowest BCUT2D eigenvalue weighted by atomic mass is 9.70. The summed E-state index contributed by atoms with van der Waals surface area (Å²) in [6.07, 6.45) is 3.70. The second-order valence-electron chi connectivity index (χ2n) is 5.92. The first kappa shape index (κ1) is 11.8. The molecule has 1 spiro atoms. The number of para-hydroxylation sites is 2. The standard InChI is InChI=1S/C18H18O2/c1-3-8-16-14(6-1)15-7-2-4-9-17(15)20-13-18(12-19-16)10-5-11-18/h1-4,6-9H,5,10-13H2. The molecule has 0 unspecified atom stereocenters. The molecule has 0 amide bonds. The molecule has 1 fully saturated rings. The van der Waals surface area contributed by atoms with Gasteiger partial charge in [0.1, 0.15) is 11.5 Å². The van der Waals surface area contributed by atoms with Gasteiger partial charge in [-0.15, -0.1) is 0 Å². The predicted molar refractivity (Wildman–Crippen MR) is 79.2 cm³/mol. The molecule has 0 N–H and O–H groups in total. The highest BCUT2D eigenvalue weighted by molar-refractivity contribution is 5.75. The molecule has 1 heterocycles. The highest BCUT2D eigenvalue weighted by atomic mass is 16.5. The van der Waals surface area contributed by atoms with Crippen molar-refractivity contribution in [1.29, 1.82) is 0 Å². The lowest BCUT2D eigenvalue weighted by Crippen LogP contribution is -2.40. The quantitative estimate of drug-likeness (QED) is 0.708. The summed E-state index contributed by atoms with van der Waals surface area (Å²) in [6.45, 7) is 1.52. The van der Waals surface area contributed by atoms with Crippen LogP contribution in [0.1, 0.15) is 19.3 Å². The summed E-state index contributed by atoms with van der Waals surface area (Å²) in [7, 11) is 0. The van der Waals surface area contributed by atoms with Gasteiger partial charge in [0.2, 0.25) is 0 Å². The summed E-state index contributed by atoms with van der Waals surface area (Å²) in [5.74, 6) is 1.94. The minimum absolute atomic E-state index is 0.213. The van der Waals surface area contributed by atoms with Gasteiger partial charge in [-0.25, -0.2) is 0 Å². The summed E-state index contributed by atoms with van der Waals surface area (Å²) in [5.41, 5.74) is 2.46. The molecule has 4 rings (SSSR count). The van der Waals surface area contributed by atoms with E-state index in [1.54, 1.807) is 0 Å². The molecule has 2 heteroatoms. The van der Waals surface area contributed by atoms with Crippen LogP contribution in [-0.4, -0.2) is 13.2 Å². The van der Waals surface area contributed by atoms with Crippen LogP contribution in [0.5, 0.6) is 11.5 Å². The molecule has 0 radical (unpaired) electrons. The van der Waals surface area contributed by atoms with Crippen molar-refractivity contribution >= 4 is 0 Å². The fraction of sp³-hybridized carbons (Fsp3) is 0.333. The number of hydrogen-bond acceptors (Lipinski definition) is 2. The summed E-state index contributed by atoms with van der Waals surface area (Å²) in [6, 6.07) is 16.5. The van der Waals surface area contributed by atoms with Crippen LogP contribution in [-0.2, 0) is 0 Å². The molecule has 2 nitrogen and oxygen atoms in total. The Morgan fingerprint density at radius 2 is 1.20 bits per heavy atom. The normalized spacial score (nSPS) is 19.2. The average Bonchev–Trinajstić information content (AvgIpc) is 2.53. The summed E-state index contributed by atoms with van der Waals surface area (Å²) in [5, 5.41) is 0. The number of benzene rings is 2. The lowest BCUT2D eigenvalue weighted by Gasteiger charge is -2.40. The van der Waals surface area contributed by atoms with Gasteiger partial charge in [0.05, 0.1) is 13.2 Å². The molecule has 2 aromatic rings. The van der Waals surface area contributed by atoms with E-state index in [0.717, 1.165) is 35.8 Å². The van der Waals surface area contributed by atoms with Crippen LogP contribution < -0.4 is 9.47 Å². The van der Waals surface area contributed by atoms with Crippen molar-refractivity contribution in [2.45, 2.75) is 19.3 Å².